The lowest BCUT2D eigenvalue weighted by atomic mass is 10.0. The van der Waals surface area contributed by atoms with E-state index in [9.17, 15) is 9.90 Å². The van der Waals surface area contributed by atoms with E-state index in [1.807, 2.05) is 35.3 Å². The summed E-state index contributed by atoms with van der Waals surface area (Å²) >= 11 is 0. The third-order valence-corrected chi connectivity index (χ3v) is 4.23. The molecule has 0 spiro atoms. The molecule has 1 heterocycles. The van der Waals surface area contributed by atoms with Crippen molar-refractivity contribution in [1.29, 1.82) is 0 Å². The van der Waals surface area contributed by atoms with Gasteiger partial charge in [-0.15, -0.1) is 0 Å². The van der Waals surface area contributed by atoms with Crippen LogP contribution in [0, 0.1) is 0 Å². The van der Waals surface area contributed by atoms with Crippen LogP contribution in [0.1, 0.15) is 32.6 Å². The molecule has 1 saturated heterocycles. The Bertz CT molecular complexity index is 546. The Hall–Kier alpha value is -1.85. The van der Waals surface area contributed by atoms with Crippen LogP contribution in [-0.2, 0) is 4.79 Å². The SMILES string of the molecule is CCCNN1CCC(NCCC(O)COc2ccccc2)CC1=C=O. The van der Waals surface area contributed by atoms with Crippen LogP contribution in [-0.4, -0.2) is 54.4 Å². The maximum atomic E-state index is 11.2. The Morgan fingerprint density at radius 1 is 1.36 bits per heavy atom. The number of aliphatic hydroxyl groups is 1. The molecule has 1 aliphatic heterocycles. The van der Waals surface area contributed by atoms with Crippen LogP contribution in [0.15, 0.2) is 36.0 Å². The number of nitrogens with zero attached hydrogens (tertiary/aromatic N) is 1. The number of benzene rings is 1. The zero-order chi connectivity index (χ0) is 17.9. The molecule has 2 unspecified atom stereocenters. The lowest BCUT2D eigenvalue weighted by molar-refractivity contribution is 0.0980. The van der Waals surface area contributed by atoms with Gasteiger partial charge in [0.15, 0.2) is 0 Å². The van der Waals surface area contributed by atoms with Gasteiger partial charge in [-0.3, -0.25) is 0 Å². The number of rotatable bonds is 10. The molecule has 0 bridgehead atoms. The molecular weight excluding hydrogens is 318 g/mol. The summed E-state index contributed by atoms with van der Waals surface area (Å²) in [6.07, 6.45) is 2.74. The van der Waals surface area contributed by atoms with E-state index in [2.05, 4.69) is 23.6 Å². The molecule has 0 aliphatic carbocycles. The number of para-hydroxylation sites is 1. The molecular formula is C19H29N3O3. The third-order valence-electron chi connectivity index (χ3n) is 4.23. The fraction of sp³-hybridized carbons (Fsp3) is 0.579. The molecule has 25 heavy (non-hydrogen) atoms. The predicted octanol–water partition coefficient (Wildman–Crippen LogP) is 1.50. The molecule has 3 N–H and O–H groups in total. The minimum absolute atomic E-state index is 0.248. The average molecular weight is 347 g/mol. The zero-order valence-electron chi connectivity index (χ0n) is 14.9. The second-order valence-electron chi connectivity index (χ2n) is 6.32. The van der Waals surface area contributed by atoms with Crippen LogP contribution in [0.5, 0.6) is 5.75 Å². The summed E-state index contributed by atoms with van der Waals surface area (Å²) in [6, 6.07) is 9.74. The van der Waals surface area contributed by atoms with Gasteiger partial charge in [-0.25, -0.2) is 10.2 Å². The Kier molecular flexibility index (Phi) is 8.49. The maximum absolute atomic E-state index is 11.2. The summed E-state index contributed by atoms with van der Waals surface area (Å²) in [4.78, 5) is 11.2. The normalized spacial score (nSPS) is 18.7. The van der Waals surface area contributed by atoms with Crippen molar-refractivity contribution in [3.05, 3.63) is 36.0 Å². The molecule has 6 nitrogen and oxygen atoms in total. The summed E-state index contributed by atoms with van der Waals surface area (Å²) in [5, 5.41) is 15.4. The van der Waals surface area contributed by atoms with Crippen molar-refractivity contribution >= 4 is 5.94 Å². The van der Waals surface area contributed by atoms with Gasteiger partial charge in [-0.05, 0) is 37.9 Å². The average Bonchev–Trinajstić information content (AvgIpc) is 2.66. The highest BCUT2D eigenvalue weighted by Gasteiger charge is 2.23. The second-order valence-corrected chi connectivity index (χ2v) is 6.32. The number of ether oxygens (including phenoxy) is 1. The molecule has 2 atom stereocenters. The quantitative estimate of drug-likeness (QED) is 0.557. The highest BCUT2D eigenvalue weighted by molar-refractivity contribution is 5.52. The topological polar surface area (TPSA) is 73.8 Å². The molecule has 1 aliphatic rings. The first-order valence-electron chi connectivity index (χ1n) is 9.07. The summed E-state index contributed by atoms with van der Waals surface area (Å²) in [7, 11) is 0. The number of hydrogen-bond donors (Lipinski definition) is 3. The van der Waals surface area contributed by atoms with E-state index in [1.165, 1.54) is 0 Å². The predicted molar refractivity (Wildman–Crippen MR) is 97.8 cm³/mol. The molecule has 0 amide bonds. The minimum Gasteiger partial charge on any atom is -0.491 e. The molecule has 0 aromatic heterocycles. The first kappa shape index (κ1) is 19.5. The number of hydrazine groups is 1. The minimum atomic E-state index is -0.514. The van der Waals surface area contributed by atoms with Crippen LogP contribution < -0.4 is 15.5 Å². The summed E-state index contributed by atoms with van der Waals surface area (Å²) in [5.41, 5.74) is 3.92. The van der Waals surface area contributed by atoms with Crippen molar-refractivity contribution in [3.63, 3.8) is 0 Å². The highest BCUT2D eigenvalue weighted by Crippen LogP contribution is 2.17. The second kappa shape index (κ2) is 10.9. The monoisotopic (exact) mass is 347 g/mol. The van der Waals surface area contributed by atoms with E-state index < -0.39 is 6.10 Å². The molecule has 0 radical (unpaired) electrons. The Morgan fingerprint density at radius 2 is 2.16 bits per heavy atom. The van der Waals surface area contributed by atoms with Gasteiger partial charge >= 0.3 is 0 Å². The Labute approximate surface area is 149 Å². The molecule has 1 fully saturated rings. The fourth-order valence-corrected chi connectivity index (χ4v) is 2.80. The first-order valence-corrected chi connectivity index (χ1v) is 9.07. The first-order chi connectivity index (χ1) is 12.2. The number of aliphatic hydroxyl groups excluding tert-OH is 1. The largest absolute Gasteiger partial charge is 0.491 e. The van der Waals surface area contributed by atoms with Gasteiger partial charge in [0.2, 0.25) is 0 Å². The van der Waals surface area contributed by atoms with Crippen LogP contribution in [0.25, 0.3) is 0 Å². The van der Waals surface area contributed by atoms with Crippen molar-refractivity contribution < 1.29 is 14.6 Å². The third kappa shape index (κ3) is 6.88. The lowest BCUT2D eigenvalue weighted by Gasteiger charge is -2.34. The van der Waals surface area contributed by atoms with E-state index in [0.29, 0.717) is 25.1 Å². The van der Waals surface area contributed by atoms with Crippen molar-refractivity contribution in [3.8, 4) is 5.75 Å². The van der Waals surface area contributed by atoms with Gasteiger partial charge in [0.1, 0.15) is 24.0 Å². The molecule has 2 rings (SSSR count). The molecule has 1 aromatic rings. The molecule has 6 heteroatoms. The van der Waals surface area contributed by atoms with Crippen molar-refractivity contribution in [1.82, 2.24) is 15.8 Å². The van der Waals surface area contributed by atoms with Crippen LogP contribution in [0.2, 0.25) is 0 Å². The number of carbonyl (C=O) groups excluding carboxylic acids is 1. The van der Waals surface area contributed by atoms with Gasteiger partial charge < -0.3 is 20.2 Å². The van der Waals surface area contributed by atoms with Crippen LogP contribution in [0.3, 0.4) is 0 Å². The van der Waals surface area contributed by atoms with E-state index in [4.69, 9.17) is 4.74 Å². The summed E-state index contributed by atoms with van der Waals surface area (Å²) < 4.78 is 5.55. The number of nitrogens with one attached hydrogen (secondary N) is 2. The van der Waals surface area contributed by atoms with Gasteiger partial charge in [0.25, 0.3) is 0 Å². The number of hydrogen-bond acceptors (Lipinski definition) is 6. The zero-order valence-corrected chi connectivity index (χ0v) is 14.9. The summed E-state index contributed by atoms with van der Waals surface area (Å²) in [5.74, 6) is 2.82. The van der Waals surface area contributed by atoms with E-state index in [-0.39, 0.29) is 12.6 Å². The van der Waals surface area contributed by atoms with Gasteiger partial charge in [0.05, 0.1) is 6.10 Å². The van der Waals surface area contributed by atoms with Crippen LogP contribution >= 0.6 is 0 Å². The van der Waals surface area contributed by atoms with E-state index >= 15 is 0 Å². The highest BCUT2D eigenvalue weighted by atomic mass is 16.5. The van der Waals surface area contributed by atoms with E-state index in [0.717, 1.165) is 31.7 Å². The van der Waals surface area contributed by atoms with Gasteiger partial charge in [-0.1, -0.05) is 25.1 Å². The van der Waals surface area contributed by atoms with Gasteiger partial charge in [-0.2, -0.15) is 0 Å². The molecule has 1 aromatic carbocycles. The summed E-state index contributed by atoms with van der Waals surface area (Å²) in [6.45, 7) is 4.72. The fourth-order valence-electron chi connectivity index (χ4n) is 2.80. The molecule has 0 saturated carbocycles. The standard InChI is InChI=1S/C19H29N3O3/c1-2-10-21-22-12-9-16(13-17(22)14-23)20-11-8-18(24)15-25-19-6-4-3-5-7-19/h3-7,16,18,20-21,24H,2,8-13,15H2,1H3. The van der Waals surface area contributed by atoms with Crippen LogP contribution in [0.4, 0.5) is 0 Å². The Morgan fingerprint density at radius 3 is 2.88 bits per heavy atom. The molecule has 138 valence electrons. The number of piperidine rings is 1. The smallest absolute Gasteiger partial charge is 0.147 e. The van der Waals surface area contributed by atoms with Crippen molar-refractivity contribution in [2.24, 2.45) is 0 Å². The van der Waals surface area contributed by atoms with E-state index in [1.54, 1.807) is 0 Å². The van der Waals surface area contributed by atoms with Gasteiger partial charge in [0, 0.05) is 25.6 Å². The maximum Gasteiger partial charge on any atom is 0.147 e. The Balaban J connectivity index is 1.64. The lowest BCUT2D eigenvalue weighted by Crippen LogP contribution is -2.47. The van der Waals surface area contributed by atoms with Crippen molar-refractivity contribution in [2.75, 3.05) is 26.2 Å². The van der Waals surface area contributed by atoms with Crippen molar-refractivity contribution in [2.45, 2.75) is 44.8 Å².